The summed E-state index contributed by atoms with van der Waals surface area (Å²) in [5.41, 5.74) is 1.77. The van der Waals surface area contributed by atoms with E-state index in [2.05, 4.69) is 10.4 Å². The summed E-state index contributed by atoms with van der Waals surface area (Å²) in [6.07, 6.45) is 0. The van der Waals surface area contributed by atoms with Crippen LogP contribution in [0, 0.1) is 5.21 Å². The minimum atomic E-state index is -0.886. The molecule has 3 N–H and O–H groups in total. The van der Waals surface area contributed by atoms with E-state index in [1.165, 1.54) is 0 Å². The van der Waals surface area contributed by atoms with Gasteiger partial charge in [-0.15, -0.1) is 0 Å². The van der Waals surface area contributed by atoms with Crippen molar-refractivity contribution >= 4 is 16.8 Å². The second kappa shape index (κ2) is 4.73. The Bertz CT molecular complexity index is 591. The molecule has 0 fully saturated rings. The highest BCUT2D eigenvalue weighted by Crippen LogP contribution is 2.19. The molecule has 0 radical (unpaired) electrons. The minimum Gasteiger partial charge on any atom is -0.600 e. The Kier molecular flexibility index (Phi) is 3.28. The van der Waals surface area contributed by atoms with E-state index in [-0.39, 0.29) is 12.5 Å². The molecular formula is C11H14N4O3. The Balaban J connectivity index is 2.52. The van der Waals surface area contributed by atoms with Crippen molar-refractivity contribution in [1.82, 2.24) is 15.1 Å². The largest absolute Gasteiger partial charge is 0.600 e. The SMILES string of the molecule is CNC(=O)c1nn(C)c2cc(C[NH+]([O-])O)ccc12. The number of nitrogens with one attached hydrogen (secondary N) is 2. The lowest BCUT2D eigenvalue weighted by molar-refractivity contribution is -1.06. The maximum absolute atomic E-state index is 11.6. The van der Waals surface area contributed by atoms with Gasteiger partial charge in [0.1, 0.15) is 6.54 Å². The predicted molar refractivity (Wildman–Crippen MR) is 63.9 cm³/mol. The van der Waals surface area contributed by atoms with Crippen LogP contribution in [0.25, 0.3) is 10.9 Å². The van der Waals surface area contributed by atoms with Crippen molar-refractivity contribution in [2.45, 2.75) is 6.54 Å². The molecule has 1 heterocycles. The van der Waals surface area contributed by atoms with Crippen LogP contribution in [0.5, 0.6) is 0 Å². The fraction of sp³-hybridized carbons (Fsp3) is 0.273. The third-order valence-electron chi connectivity index (χ3n) is 2.71. The van der Waals surface area contributed by atoms with E-state index in [0.717, 1.165) is 5.52 Å². The van der Waals surface area contributed by atoms with Crippen LogP contribution in [0.1, 0.15) is 16.1 Å². The summed E-state index contributed by atoms with van der Waals surface area (Å²) in [7, 11) is 3.26. The maximum Gasteiger partial charge on any atom is 0.272 e. The first-order valence-electron chi connectivity index (χ1n) is 5.42. The van der Waals surface area contributed by atoms with Crippen LogP contribution in [-0.2, 0) is 13.6 Å². The van der Waals surface area contributed by atoms with Crippen molar-refractivity contribution in [2.24, 2.45) is 7.05 Å². The van der Waals surface area contributed by atoms with Crippen molar-refractivity contribution in [3.8, 4) is 0 Å². The number of amides is 1. The smallest absolute Gasteiger partial charge is 0.272 e. The number of aryl methyl sites for hydroxylation is 1. The Morgan fingerprint density at radius 2 is 2.33 bits per heavy atom. The molecule has 1 unspecified atom stereocenters. The molecule has 7 nitrogen and oxygen atoms in total. The number of quaternary nitrogens is 1. The summed E-state index contributed by atoms with van der Waals surface area (Å²) in [5, 5.41) is 25.9. The first kappa shape index (κ1) is 12.5. The number of aromatic nitrogens is 2. The van der Waals surface area contributed by atoms with E-state index in [1.807, 2.05) is 0 Å². The van der Waals surface area contributed by atoms with Crippen molar-refractivity contribution in [1.29, 1.82) is 0 Å². The average Bonchev–Trinajstić information content (AvgIpc) is 2.65. The monoisotopic (exact) mass is 250 g/mol. The first-order valence-corrected chi connectivity index (χ1v) is 5.42. The summed E-state index contributed by atoms with van der Waals surface area (Å²) in [6.45, 7) is -0.0452. The molecule has 1 aromatic carbocycles. The summed E-state index contributed by atoms with van der Waals surface area (Å²) < 4.78 is 1.57. The quantitative estimate of drug-likeness (QED) is 0.622. The summed E-state index contributed by atoms with van der Waals surface area (Å²) >= 11 is 0. The molecular weight excluding hydrogens is 236 g/mol. The number of hydrogen-bond acceptors (Lipinski definition) is 4. The highest BCUT2D eigenvalue weighted by molar-refractivity contribution is 6.04. The molecule has 0 spiro atoms. The Morgan fingerprint density at radius 3 is 2.94 bits per heavy atom. The van der Waals surface area contributed by atoms with E-state index in [0.29, 0.717) is 16.6 Å². The van der Waals surface area contributed by atoms with E-state index in [9.17, 15) is 10.0 Å². The van der Waals surface area contributed by atoms with E-state index >= 15 is 0 Å². The zero-order valence-electron chi connectivity index (χ0n) is 10.1. The molecule has 96 valence electrons. The molecule has 0 aliphatic carbocycles. The maximum atomic E-state index is 11.6. The molecule has 2 rings (SSSR count). The Labute approximate surface area is 103 Å². The molecule has 0 saturated heterocycles. The van der Waals surface area contributed by atoms with Crippen molar-refractivity contribution in [2.75, 3.05) is 7.05 Å². The van der Waals surface area contributed by atoms with Crippen molar-refractivity contribution < 1.29 is 15.2 Å². The third kappa shape index (κ3) is 2.19. The number of carbonyl (C=O) groups is 1. The van der Waals surface area contributed by atoms with E-state index in [1.54, 1.807) is 37.0 Å². The first-order chi connectivity index (χ1) is 8.52. The number of carbonyl (C=O) groups excluding carboxylic acids is 1. The summed E-state index contributed by atoms with van der Waals surface area (Å²) in [4.78, 5) is 11.6. The molecule has 7 heteroatoms. The summed E-state index contributed by atoms with van der Waals surface area (Å²) in [6, 6.07) is 5.17. The molecule has 1 aromatic heterocycles. The second-order valence-corrected chi connectivity index (χ2v) is 3.97. The van der Waals surface area contributed by atoms with Crippen LogP contribution >= 0.6 is 0 Å². The Morgan fingerprint density at radius 1 is 1.61 bits per heavy atom. The van der Waals surface area contributed by atoms with Crippen LogP contribution < -0.4 is 10.5 Å². The number of nitrogens with zero attached hydrogens (tertiary/aromatic N) is 2. The zero-order chi connectivity index (χ0) is 13.3. The Hall–Kier alpha value is -1.96. The third-order valence-corrected chi connectivity index (χ3v) is 2.71. The number of hydrogen-bond donors (Lipinski definition) is 3. The van der Waals surface area contributed by atoms with Crippen LogP contribution in [0.4, 0.5) is 0 Å². The van der Waals surface area contributed by atoms with Crippen LogP contribution in [0.2, 0.25) is 0 Å². The van der Waals surface area contributed by atoms with Gasteiger partial charge in [0, 0.05) is 25.0 Å². The second-order valence-electron chi connectivity index (χ2n) is 3.97. The fourth-order valence-corrected chi connectivity index (χ4v) is 1.87. The molecule has 0 bridgehead atoms. The highest BCUT2D eigenvalue weighted by Gasteiger charge is 2.15. The van der Waals surface area contributed by atoms with Gasteiger partial charge in [-0.3, -0.25) is 9.48 Å². The zero-order valence-corrected chi connectivity index (χ0v) is 10.1. The van der Waals surface area contributed by atoms with Gasteiger partial charge in [-0.2, -0.15) is 5.10 Å². The van der Waals surface area contributed by atoms with E-state index in [4.69, 9.17) is 5.21 Å². The van der Waals surface area contributed by atoms with Gasteiger partial charge in [-0.25, -0.2) is 10.4 Å². The molecule has 2 aromatic rings. The van der Waals surface area contributed by atoms with Gasteiger partial charge in [0.15, 0.2) is 5.69 Å². The van der Waals surface area contributed by atoms with Crippen molar-refractivity contribution in [3.05, 3.63) is 34.7 Å². The topological polar surface area (TPSA) is 94.7 Å². The van der Waals surface area contributed by atoms with Crippen LogP contribution in [0.3, 0.4) is 0 Å². The lowest BCUT2D eigenvalue weighted by Crippen LogP contribution is -3.03. The minimum absolute atomic E-state index is 0.0452. The summed E-state index contributed by atoms with van der Waals surface area (Å²) in [5.74, 6) is -0.258. The highest BCUT2D eigenvalue weighted by atomic mass is 16.8. The van der Waals surface area contributed by atoms with Crippen LogP contribution in [-0.4, -0.2) is 27.9 Å². The number of benzene rings is 1. The molecule has 1 atom stereocenters. The molecule has 0 aliphatic heterocycles. The van der Waals surface area contributed by atoms with Gasteiger partial charge in [0.25, 0.3) is 5.91 Å². The lowest BCUT2D eigenvalue weighted by atomic mass is 10.1. The van der Waals surface area contributed by atoms with Gasteiger partial charge in [0.2, 0.25) is 0 Å². The van der Waals surface area contributed by atoms with Gasteiger partial charge in [-0.05, 0) is 12.1 Å². The number of hydroxylamine groups is 2. The van der Waals surface area contributed by atoms with Crippen LogP contribution in [0.15, 0.2) is 18.2 Å². The van der Waals surface area contributed by atoms with Crippen molar-refractivity contribution in [3.63, 3.8) is 0 Å². The molecule has 1 amide bonds. The average molecular weight is 250 g/mol. The molecule has 0 aliphatic rings. The molecule has 0 saturated carbocycles. The molecule has 18 heavy (non-hydrogen) atoms. The van der Waals surface area contributed by atoms with Gasteiger partial charge < -0.3 is 10.5 Å². The van der Waals surface area contributed by atoms with Gasteiger partial charge in [-0.1, -0.05) is 6.07 Å². The predicted octanol–water partition coefficient (Wildman–Crippen LogP) is -0.795. The normalized spacial score (nSPS) is 12.7. The van der Waals surface area contributed by atoms with Gasteiger partial charge in [0.05, 0.1) is 5.52 Å². The number of fused-ring (bicyclic) bond motifs is 1. The standard InChI is InChI=1S/C11H14N4O3/c1-12-11(16)10-8-4-3-7(6-15(17)18)5-9(8)14(2)13-10/h3-5,15,17H,6H2,1-2H3,(H,12,16). The van der Waals surface area contributed by atoms with Gasteiger partial charge >= 0.3 is 0 Å². The van der Waals surface area contributed by atoms with E-state index < -0.39 is 5.23 Å². The number of rotatable bonds is 3. The lowest BCUT2D eigenvalue weighted by Gasteiger charge is -2.11. The fourth-order valence-electron chi connectivity index (χ4n) is 1.87.